The number of hydrogen-bond donors (Lipinski definition) is 1. The Bertz CT molecular complexity index is 821. The van der Waals surface area contributed by atoms with Crippen molar-refractivity contribution in [1.82, 2.24) is 15.1 Å². The predicted molar refractivity (Wildman–Crippen MR) is 112 cm³/mol. The van der Waals surface area contributed by atoms with Gasteiger partial charge in [0.1, 0.15) is 5.82 Å². The largest absolute Gasteiger partial charge is 0.368 e. The van der Waals surface area contributed by atoms with Crippen LogP contribution in [0.3, 0.4) is 0 Å². The fourth-order valence-corrected chi connectivity index (χ4v) is 4.19. The quantitative estimate of drug-likeness (QED) is 0.882. The summed E-state index contributed by atoms with van der Waals surface area (Å²) in [6.07, 6.45) is 4.92. The van der Waals surface area contributed by atoms with Gasteiger partial charge in [-0.1, -0.05) is 25.0 Å². The van der Waals surface area contributed by atoms with Gasteiger partial charge in [-0.05, 0) is 56.0 Å². The van der Waals surface area contributed by atoms with Gasteiger partial charge in [-0.15, -0.1) is 10.2 Å². The van der Waals surface area contributed by atoms with Crippen molar-refractivity contribution in [2.45, 2.75) is 45.6 Å². The molecule has 4 rings (SSSR count). The molecule has 28 heavy (non-hydrogen) atoms. The molecular weight excluding hydrogens is 350 g/mol. The number of benzene rings is 1. The Balaban J connectivity index is 1.35. The van der Waals surface area contributed by atoms with Gasteiger partial charge in [0.2, 0.25) is 0 Å². The van der Waals surface area contributed by atoms with Crippen LogP contribution in [0.15, 0.2) is 30.3 Å². The number of nitrogens with one attached hydrogen (secondary N) is 1. The van der Waals surface area contributed by atoms with E-state index in [0.717, 1.165) is 18.9 Å². The highest BCUT2D eigenvalue weighted by atomic mass is 16.2. The molecule has 1 aromatic carbocycles. The van der Waals surface area contributed by atoms with Crippen molar-refractivity contribution in [3.63, 3.8) is 0 Å². The molecule has 2 aliphatic rings. The Kier molecular flexibility index (Phi) is 5.46. The maximum atomic E-state index is 12.8. The summed E-state index contributed by atoms with van der Waals surface area (Å²) in [5.41, 5.74) is 4.32. The number of piperazine rings is 1. The molecule has 6 heteroatoms. The lowest BCUT2D eigenvalue weighted by Crippen LogP contribution is -2.49. The van der Waals surface area contributed by atoms with Crippen molar-refractivity contribution in [2.24, 2.45) is 0 Å². The van der Waals surface area contributed by atoms with Crippen LogP contribution in [0.1, 0.15) is 47.3 Å². The SMILES string of the molecule is Cc1cccc(N2CCN(C(=O)c3ccc(NC4CCCC4)nn3)CC2)c1C. The van der Waals surface area contributed by atoms with E-state index in [2.05, 4.69) is 52.5 Å². The van der Waals surface area contributed by atoms with Crippen LogP contribution in [0.2, 0.25) is 0 Å². The summed E-state index contributed by atoms with van der Waals surface area (Å²) in [5.74, 6) is 0.740. The molecular formula is C22H29N5O. The van der Waals surface area contributed by atoms with Crippen LogP contribution in [-0.2, 0) is 0 Å². The molecule has 1 aromatic heterocycles. The second-order valence-electron chi connectivity index (χ2n) is 7.93. The van der Waals surface area contributed by atoms with Gasteiger partial charge in [-0.25, -0.2) is 0 Å². The second kappa shape index (κ2) is 8.17. The Morgan fingerprint density at radius 1 is 1.00 bits per heavy atom. The number of carbonyl (C=O) groups is 1. The van der Waals surface area contributed by atoms with E-state index >= 15 is 0 Å². The number of anilines is 2. The summed E-state index contributed by atoms with van der Waals surface area (Å²) in [4.78, 5) is 17.1. The van der Waals surface area contributed by atoms with Crippen LogP contribution in [-0.4, -0.2) is 53.2 Å². The van der Waals surface area contributed by atoms with E-state index in [1.807, 2.05) is 11.0 Å². The summed E-state index contributed by atoms with van der Waals surface area (Å²) in [5, 5.41) is 11.8. The highest BCUT2D eigenvalue weighted by Gasteiger charge is 2.24. The predicted octanol–water partition coefficient (Wildman–Crippen LogP) is 3.41. The van der Waals surface area contributed by atoms with Crippen LogP contribution in [0.4, 0.5) is 11.5 Å². The summed E-state index contributed by atoms with van der Waals surface area (Å²) in [6.45, 7) is 7.39. The minimum absolute atomic E-state index is 0.0273. The normalized spacial score (nSPS) is 17.8. The monoisotopic (exact) mass is 379 g/mol. The summed E-state index contributed by atoms with van der Waals surface area (Å²) in [6, 6.07) is 10.6. The van der Waals surface area contributed by atoms with Crippen molar-refractivity contribution in [2.75, 3.05) is 36.4 Å². The van der Waals surface area contributed by atoms with E-state index in [0.29, 0.717) is 24.8 Å². The molecule has 0 radical (unpaired) electrons. The van der Waals surface area contributed by atoms with Crippen molar-refractivity contribution < 1.29 is 4.79 Å². The van der Waals surface area contributed by atoms with Crippen molar-refractivity contribution >= 4 is 17.4 Å². The molecule has 1 saturated heterocycles. The average molecular weight is 380 g/mol. The summed E-state index contributed by atoms with van der Waals surface area (Å²) in [7, 11) is 0. The Hall–Kier alpha value is -2.63. The number of aryl methyl sites for hydroxylation is 1. The molecule has 1 amide bonds. The average Bonchev–Trinajstić information content (AvgIpc) is 3.23. The first-order chi connectivity index (χ1) is 13.6. The first-order valence-corrected chi connectivity index (χ1v) is 10.3. The number of aromatic nitrogens is 2. The molecule has 0 spiro atoms. The smallest absolute Gasteiger partial charge is 0.274 e. The Morgan fingerprint density at radius 2 is 1.75 bits per heavy atom. The molecule has 1 aliphatic heterocycles. The lowest BCUT2D eigenvalue weighted by atomic mass is 10.1. The fraction of sp³-hybridized carbons (Fsp3) is 0.500. The zero-order valence-corrected chi connectivity index (χ0v) is 16.8. The van der Waals surface area contributed by atoms with Gasteiger partial charge in [0, 0.05) is 37.9 Å². The molecule has 0 atom stereocenters. The maximum Gasteiger partial charge on any atom is 0.274 e. The molecule has 0 bridgehead atoms. The van der Waals surface area contributed by atoms with E-state index in [-0.39, 0.29) is 5.91 Å². The van der Waals surface area contributed by atoms with Crippen molar-refractivity contribution in [3.05, 3.63) is 47.2 Å². The minimum atomic E-state index is -0.0273. The van der Waals surface area contributed by atoms with Gasteiger partial charge < -0.3 is 15.1 Å². The fourth-order valence-electron chi connectivity index (χ4n) is 4.19. The Labute approximate surface area is 166 Å². The number of carbonyl (C=O) groups excluding carboxylic acids is 1. The van der Waals surface area contributed by atoms with Gasteiger partial charge >= 0.3 is 0 Å². The maximum absolute atomic E-state index is 12.8. The number of rotatable bonds is 4. The van der Waals surface area contributed by atoms with Gasteiger partial charge in [0.05, 0.1) is 0 Å². The van der Waals surface area contributed by atoms with E-state index in [1.54, 1.807) is 6.07 Å². The first-order valence-electron chi connectivity index (χ1n) is 10.3. The van der Waals surface area contributed by atoms with E-state index in [9.17, 15) is 4.79 Å². The lowest BCUT2D eigenvalue weighted by molar-refractivity contribution is 0.0739. The van der Waals surface area contributed by atoms with Gasteiger partial charge in [0.25, 0.3) is 5.91 Å². The molecule has 2 aromatic rings. The number of nitrogens with zero attached hydrogens (tertiary/aromatic N) is 4. The van der Waals surface area contributed by atoms with Crippen LogP contribution >= 0.6 is 0 Å². The highest BCUT2D eigenvalue weighted by molar-refractivity contribution is 5.92. The molecule has 148 valence electrons. The van der Waals surface area contributed by atoms with Crippen molar-refractivity contribution in [1.29, 1.82) is 0 Å². The zero-order valence-electron chi connectivity index (χ0n) is 16.8. The summed E-state index contributed by atoms with van der Waals surface area (Å²) < 4.78 is 0. The third-order valence-corrected chi connectivity index (χ3v) is 6.07. The van der Waals surface area contributed by atoms with E-state index in [1.165, 1.54) is 42.5 Å². The topological polar surface area (TPSA) is 61.4 Å². The first kappa shape index (κ1) is 18.7. The third kappa shape index (κ3) is 3.96. The number of hydrogen-bond acceptors (Lipinski definition) is 5. The molecule has 1 N–H and O–H groups in total. The third-order valence-electron chi connectivity index (χ3n) is 6.07. The molecule has 0 unspecified atom stereocenters. The summed E-state index contributed by atoms with van der Waals surface area (Å²) >= 11 is 0. The van der Waals surface area contributed by atoms with Crippen molar-refractivity contribution in [3.8, 4) is 0 Å². The molecule has 6 nitrogen and oxygen atoms in total. The van der Waals surface area contributed by atoms with Gasteiger partial charge in [-0.2, -0.15) is 0 Å². The van der Waals surface area contributed by atoms with Crippen LogP contribution in [0.25, 0.3) is 0 Å². The zero-order chi connectivity index (χ0) is 19.5. The van der Waals surface area contributed by atoms with Crippen LogP contribution in [0.5, 0.6) is 0 Å². The number of amides is 1. The molecule has 1 saturated carbocycles. The molecule has 2 fully saturated rings. The molecule has 1 aliphatic carbocycles. The molecule has 2 heterocycles. The van der Waals surface area contributed by atoms with Gasteiger partial charge in [-0.3, -0.25) is 4.79 Å². The lowest BCUT2D eigenvalue weighted by Gasteiger charge is -2.36. The standard InChI is InChI=1S/C22H29N5O/c1-16-6-5-9-20(17(16)2)26-12-14-27(15-13-26)22(28)19-10-11-21(25-24-19)23-18-7-3-4-8-18/h5-6,9-11,18H,3-4,7-8,12-15H2,1-2H3,(H,23,25). The highest BCUT2D eigenvalue weighted by Crippen LogP contribution is 2.24. The van der Waals surface area contributed by atoms with Crippen LogP contribution in [0, 0.1) is 13.8 Å². The van der Waals surface area contributed by atoms with E-state index in [4.69, 9.17) is 0 Å². The van der Waals surface area contributed by atoms with Gasteiger partial charge in [0.15, 0.2) is 5.69 Å². The van der Waals surface area contributed by atoms with Crippen LogP contribution < -0.4 is 10.2 Å². The van der Waals surface area contributed by atoms with E-state index < -0.39 is 0 Å². The Morgan fingerprint density at radius 3 is 2.43 bits per heavy atom. The minimum Gasteiger partial charge on any atom is -0.368 e. The second-order valence-corrected chi connectivity index (χ2v) is 7.93.